The normalized spacial score (nSPS) is 26.1. The molecule has 1 unspecified atom stereocenters. The molecule has 1 atom stereocenters. The van der Waals surface area contributed by atoms with Gasteiger partial charge in [0.2, 0.25) is 9.04 Å². The van der Waals surface area contributed by atoms with Gasteiger partial charge in [-0.1, -0.05) is 26.7 Å². The molecule has 0 aromatic carbocycles. The fourth-order valence-electron chi connectivity index (χ4n) is 2.54. The molecule has 0 radical (unpaired) electrons. The van der Waals surface area contributed by atoms with Gasteiger partial charge in [0.05, 0.1) is 5.76 Å². The average molecular weight is 240 g/mol. The van der Waals surface area contributed by atoms with Gasteiger partial charge < -0.3 is 4.43 Å². The lowest BCUT2D eigenvalue weighted by molar-refractivity contribution is 0.342. The Morgan fingerprint density at radius 2 is 2.12 bits per heavy atom. The topological polar surface area (TPSA) is 9.23 Å². The monoisotopic (exact) mass is 240 g/mol. The van der Waals surface area contributed by atoms with Gasteiger partial charge in [-0.05, 0) is 50.3 Å². The molecule has 1 rings (SSSR count). The maximum Gasteiger partial charge on any atom is 0.229 e. The van der Waals surface area contributed by atoms with Crippen LogP contribution in [0.15, 0.2) is 11.8 Å². The van der Waals surface area contributed by atoms with Crippen molar-refractivity contribution in [1.29, 1.82) is 0 Å². The predicted octanol–water partition coefficient (Wildman–Crippen LogP) is 4.50. The van der Waals surface area contributed by atoms with Gasteiger partial charge in [0.1, 0.15) is 0 Å². The Labute approximate surface area is 103 Å². The van der Waals surface area contributed by atoms with Crippen LogP contribution in [0.25, 0.3) is 0 Å². The molecule has 0 saturated carbocycles. The van der Waals surface area contributed by atoms with Gasteiger partial charge in [-0.3, -0.25) is 0 Å². The second-order valence-corrected chi connectivity index (χ2v) is 8.15. The van der Waals surface area contributed by atoms with Crippen LogP contribution in [-0.4, -0.2) is 9.04 Å². The Bertz CT molecular complexity index is 221. The summed E-state index contributed by atoms with van der Waals surface area (Å²) >= 11 is 0. The molecule has 2 heteroatoms. The first-order valence-corrected chi connectivity index (χ1v) is 9.71. The lowest BCUT2D eigenvalue weighted by Gasteiger charge is -2.22. The van der Waals surface area contributed by atoms with Crippen LogP contribution < -0.4 is 0 Å². The fourth-order valence-corrected chi connectivity index (χ4v) is 3.36. The third-order valence-corrected chi connectivity index (χ3v) is 3.93. The predicted molar refractivity (Wildman–Crippen MR) is 74.1 cm³/mol. The molecule has 0 fully saturated rings. The van der Waals surface area contributed by atoms with Gasteiger partial charge in [-0.15, -0.1) is 0 Å². The van der Waals surface area contributed by atoms with E-state index in [1.54, 1.807) is 0 Å². The van der Waals surface area contributed by atoms with Gasteiger partial charge in [0.25, 0.3) is 0 Å². The summed E-state index contributed by atoms with van der Waals surface area (Å²) in [6.45, 7) is 9.18. The molecular weight excluding hydrogens is 212 g/mol. The minimum absolute atomic E-state index is 0.835. The number of hydrogen-bond acceptors (Lipinski definition) is 1. The van der Waals surface area contributed by atoms with Crippen molar-refractivity contribution in [3.05, 3.63) is 11.8 Å². The standard InChI is InChI=1S/C14H28OSi/c1-12(2)11-13-7-5-6-8-14(10-9-13)15-16(3)4/h10,12-13,16H,5-9,11H2,1-4H3/b14-10+. The van der Waals surface area contributed by atoms with Crippen LogP contribution in [0.4, 0.5) is 0 Å². The minimum atomic E-state index is -0.896. The van der Waals surface area contributed by atoms with Crippen LogP contribution in [0.3, 0.4) is 0 Å². The highest BCUT2D eigenvalue weighted by Crippen LogP contribution is 2.27. The first-order chi connectivity index (χ1) is 7.58. The highest BCUT2D eigenvalue weighted by molar-refractivity contribution is 6.48. The van der Waals surface area contributed by atoms with E-state index in [2.05, 4.69) is 33.0 Å². The molecule has 1 aliphatic carbocycles. The third kappa shape index (κ3) is 5.74. The summed E-state index contributed by atoms with van der Waals surface area (Å²) in [5.74, 6) is 3.03. The highest BCUT2D eigenvalue weighted by atomic mass is 28.3. The summed E-state index contributed by atoms with van der Waals surface area (Å²) < 4.78 is 5.98. The van der Waals surface area contributed by atoms with Crippen molar-refractivity contribution in [3.63, 3.8) is 0 Å². The molecule has 0 aliphatic heterocycles. The van der Waals surface area contributed by atoms with Gasteiger partial charge >= 0.3 is 0 Å². The van der Waals surface area contributed by atoms with Crippen LogP contribution in [0.2, 0.25) is 13.1 Å². The van der Waals surface area contributed by atoms with Crippen molar-refractivity contribution in [2.24, 2.45) is 11.8 Å². The highest BCUT2D eigenvalue weighted by Gasteiger charge is 2.13. The van der Waals surface area contributed by atoms with E-state index >= 15 is 0 Å². The number of rotatable bonds is 4. The summed E-state index contributed by atoms with van der Waals surface area (Å²) in [5.41, 5.74) is 0. The van der Waals surface area contributed by atoms with Crippen molar-refractivity contribution in [2.45, 2.75) is 65.5 Å². The number of allylic oxidation sites excluding steroid dienone is 2. The van der Waals surface area contributed by atoms with E-state index in [9.17, 15) is 0 Å². The first kappa shape index (κ1) is 13.8. The van der Waals surface area contributed by atoms with Crippen molar-refractivity contribution < 1.29 is 4.43 Å². The van der Waals surface area contributed by atoms with E-state index in [0.717, 1.165) is 11.8 Å². The van der Waals surface area contributed by atoms with E-state index < -0.39 is 9.04 Å². The molecular formula is C14H28OSi. The Morgan fingerprint density at radius 3 is 2.75 bits per heavy atom. The van der Waals surface area contributed by atoms with E-state index in [1.807, 2.05) is 0 Å². The molecule has 0 heterocycles. The zero-order valence-electron chi connectivity index (χ0n) is 11.5. The molecule has 94 valence electrons. The molecule has 0 saturated heterocycles. The summed E-state index contributed by atoms with van der Waals surface area (Å²) in [6, 6.07) is 0. The zero-order chi connectivity index (χ0) is 12.0. The van der Waals surface area contributed by atoms with Gasteiger partial charge in [-0.25, -0.2) is 0 Å². The lowest BCUT2D eigenvalue weighted by atomic mass is 9.87. The van der Waals surface area contributed by atoms with Crippen LogP contribution in [-0.2, 0) is 4.43 Å². The molecule has 0 spiro atoms. The van der Waals surface area contributed by atoms with Crippen molar-refractivity contribution in [3.8, 4) is 0 Å². The van der Waals surface area contributed by atoms with Crippen LogP contribution >= 0.6 is 0 Å². The summed E-state index contributed by atoms with van der Waals surface area (Å²) in [4.78, 5) is 0. The van der Waals surface area contributed by atoms with Crippen molar-refractivity contribution in [2.75, 3.05) is 0 Å². The van der Waals surface area contributed by atoms with Crippen LogP contribution in [0.5, 0.6) is 0 Å². The van der Waals surface area contributed by atoms with Crippen molar-refractivity contribution in [1.82, 2.24) is 0 Å². The first-order valence-electron chi connectivity index (χ1n) is 6.93. The maximum absolute atomic E-state index is 5.98. The Balaban J connectivity index is 2.48. The zero-order valence-corrected chi connectivity index (χ0v) is 12.6. The number of hydrogen-bond donors (Lipinski definition) is 0. The second kappa shape index (κ2) is 7.15. The smallest absolute Gasteiger partial charge is 0.229 e. The summed E-state index contributed by atoms with van der Waals surface area (Å²) in [5, 5.41) is 0. The Morgan fingerprint density at radius 1 is 1.38 bits per heavy atom. The van der Waals surface area contributed by atoms with E-state index in [-0.39, 0.29) is 0 Å². The summed E-state index contributed by atoms with van der Waals surface area (Å²) in [7, 11) is -0.896. The van der Waals surface area contributed by atoms with E-state index in [1.165, 1.54) is 44.3 Å². The molecule has 1 nitrogen and oxygen atoms in total. The van der Waals surface area contributed by atoms with E-state index in [4.69, 9.17) is 4.43 Å². The molecule has 0 aromatic rings. The molecule has 0 bridgehead atoms. The third-order valence-electron chi connectivity index (χ3n) is 3.16. The fraction of sp³-hybridized carbons (Fsp3) is 0.857. The second-order valence-electron chi connectivity index (χ2n) is 5.81. The molecule has 0 amide bonds. The van der Waals surface area contributed by atoms with Crippen LogP contribution in [0, 0.1) is 11.8 Å². The summed E-state index contributed by atoms with van der Waals surface area (Å²) in [6.07, 6.45) is 10.3. The maximum atomic E-state index is 5.98. The average Bonchev–Trinajstić information content (AvgIpc) is 2.14. The Hall–Kier alpha value is -0.243. The van der Waals surface area contributed by atoms with Crippen LogP contribution in [0.1, 0.15) is 52.4 Å². The van der Waals surface area contributed by atoms with Crippen molar-refractivity contribution >= 4 is 9.04 Å². The van der Waals surface area contributed by atoms with Gasteiger partial charge in [0.15, 0.2) is 0 Å². The molecule has 0 aromatic heterocycles. The van der Waals surface area contributed by atoms with Gasteiger partial charge in [-0.2, -0.15) is 0 Å². The molecule has 0 N–H and O–H groups in total. The minimum Gasteiger partial charge on any atom is -0.550 e. The Kier molecular flexibility index (Phi) is 6.18. The van der Waals surface area contributed by atoms with Gasteiger partial charge in [0, 0.05) is 6.42 Å². The SMILES string of the molecule is CC(C)CC1C/C=C(/O[SiH](C)C)CCCC1. The lowest BCUT2D eigenvalue weighted by Crippen LogP contribution is -2.11. The van der Waals surface area contributed by atoms with E-state index in [0.29, 0.717) is 0 Å². The largest absolute Gasteiger partial charge is 0.550 e. The quantitative estimate of drug-likeness (QED) is 0.658. The molecule has 1 aliphatic rings. The molecule has 16 heavy (non-hydrogen) atoms.